The maximum atomic E-state index is 12.7. The molecule has 136 valence electrons. The lowest BCUT2D eigenvalue weighted by Gasteiger charge is -2.15. The molecule has 0 unspecified atom stereocenters. The Morgan fingerprint density at radius 1 is 1.23 bits per heavy atom. The van der Waals surface area contributed by atoms with E-state index in [1.54, 1.807) is 4.52 Å². The van der Waals surface area contributed by atoms with Crippen LogP contribution in [0, 0.1) is 13.8 Å². The number of fused-ring (bicyclic) bond motifs is 1. The van der Waals surface area contributed by atoms with Gasteiger partial charge in [0.05, 0.1) is 6.42 Å². The van der Waals surface area contributed by atoms with E-state index in [2.05, 4.69) is 34.2 Å². The molecule has 0 aliphatic carbocycles. The van der Waals surface area contributed by atoms with Gasteiger partial charge >= 0.3 is 0 Å². The van der Waals surface area contributed by atoms with Gasteiger partial charge in [-0.2, -0.15) is 4.98 Å². The van der Waals surface area contributed by atoms with Crippen molar-refractivity contribution in [1.82, 2.24) is 19.6 Å². The van der Waals surface area contributed by atoms with E-state index in [0.29, 0.717) is 16.9 Å². The van der Waals surface area contributed by atoms with E-state index in [4.69, 9.17) is 0 Å². The van der Waals surface area contributed by atoms with Crippen LogP contribution in [0.4, 0.5) is 5.69 Å². The molecule has 1 aromatic carbocycles. The molecular formula is C19H23N5OS. The summed E-state index contributed by atoms with van der Waals surface area (Å²) in [4.78, 5) is 21.6. The summed E-state index contributed by atoms with van der Waals surface area (Å²) in [6.07, 6.45) is 2.18. The maximum Gasteiger partial charge on any atom is 0.253 e. The van der Waals surface area contributed by atoms with Crippen LogP contribution in [0.3, 0.4) is 0 Å². The number of nitrogens with one attached hydrogen (secondary N) is 1. The summed E-state index contributed by atoms with van der Waals surface area (Å²) in [6.45, 7) is 8.09. The van der Waals surface area contributed by atoms with E-state index in [1.807, 2.05) is 44.4 Å². The molecule has 0 aliphatic heterocycles. The highest BCUT2D eigenvalue weighted by atomic mass is 32.2. The molecule has 3 rings (SSSR count). The minimum Gasteiger partial charge on any atom is -0.326 e. The van der Waals surface area contributed by atoms with Crippen LogP contribution in [0.1, 0.15) is 42.3 Å². The van der Waals surface area contributed by atoms with Crippen molar-refractivity contribution < 1.29 is 4.79 Å². The minimum atomic E-state index is -0.0596. The Balaban J connectivity index is 1.88. The molecule has 1 N–H and O–H groups in total. The molecule has 0 aliphatic rings. The number of aromatic nitrogens is 4. The van der Waals surface area contributed by atoms with Gasteiger partial charge in [0.1, 0.15) is 0 Å². The quantitative estimate of drug-likeness (QED) is 0.693. The minimum absolute atomic E-state index is 0.0596. The highest BCUT2D eigenvalue weighted by molar-refractivity contribution is 7.98. The molecular weight excluding hydrogens is 346 g/mol. The Labute approximate surface area is 157 Å². The first kappa shape index (κ1) is 18.4. The van der Waals surface area contributed by atoms with E-state index in [9.17, 15) is 4.79 Å². The first-order valence-corrected chi connectivity index (χ1v) is 9.78. The van der Waals surface area contributed by atoms with Gasteiger partial charge < -0.3 is 5.32 Å². The van der Waals surface area contributed by atoms with Gasteiger partial charge in [-0.1, -0.05) is 43.8 Å². The second-order valence-electron chi connectivity index (χ2n) is 6.54. The normalized spacial score (nSPS) is 11.3. The zero-order valence-electron chi connectivity index (χ0n) is 15.7. The summed E-state index contributed by atoms with van der Waals surface area (Å²) >= 11 is 1.47. The predicted molar refractivity (Wildman–Crippen MR) is 105 cm³/mol. The van der Waals surface area contributed by atoms with Gasteiger partial charge in [-0.15, -0.1) is 5.10 Å². The largest absolute Gasteiger partial charge is 0.326 e. The fourth-order valence-electron chi connectivity index (χ4n) is 3.00. The summed E-state index contributed by atoms with van der Waals surface area (Å²) in [7, 11) is 0. The predicted octanol–water partition coefficient (Wildman–Crippen LogP) is 3.77. The highest BCUT2D eigenvalue weighted by Gasteiger charge is 2.17. The third kappa shape index (κ3) is 3.58. The van der Waals surface area contributed by atoms with Crippen molar-refractivity contribution in [2.75, 3.05) is 11.6 Å². The number of aryl methyl sites for hydroxylation is 2. The second-order valence-corrected chi connectivity index (χ2v) is 7.31. The van der Waals surface area contributed by atoms with Crippen LogP contribution in [-0.2, 0) is 11.2 Å². The Hall–Kier alpha value is -2.41. The summed E-state index contributed by atoms with van der Waals surface area (Å²) in [5.74, 6) is 0.849. The SMILES string of the molecule is CSc1nc2nc(C)c(CC(=O)Nc3ccccc3C(C)C)c(C)n2n1. The van der Waals surface area contributed by atoms with Gasteiger partial charge in [0, 0.05) is 22.6 Å². The summed E-state index contributed by atoms with van der Waals surface area (Å²) in [5, 5.41) is 8.15. The second kappa shape index (κ2) is 7.45. The first-order chi connectivity index (χ1) is 12.4. The zero-order chi connectivity index (χ0) is 18.8. The van der Waals surface area contributed by atoms with E-state index < -0.39 is 0 Å². The number of carbonyl (C=O) groups excluding carboxylic acids is 1. The van der Waals surface area contributed by atoms with Crippen LogP contribution in [-0.4, -0.2) is 31.7 Å². The number of nitrogens with zero attached hydrogens (tertiary/aromatic N) is 4. The smallest absolute Gasteiger partial charge is 0.253 e. The number of carbonyl (C=O) groups is 1. The molecule has 0 atom stereocenters. The number of hydrogen-bond donors (Lipinski definition) is 1. The highest BCUT2D eigenvalue weighted by Crippen LogP contribution is 2.24. The molecule has 2 heterocycles. The molecule has 0 fully saturated rings. The van der Waals surface area contributed by atoms with Gasteiger partial charge in [-0.25, -0.2) is 9.50 Å². The van der Waals surface area contributed by atoms with Crippen molar-refractivity contribution >= 4 is 29.1 Å². The first-order valence-electron chi connectivity index (χ1n) is 8.56. The average molecular weight is 369 g/mol. The summed E-state index contributed by atoms with van der Waals surface area (Å²) in [5.41, 5.74) is 4.58. The van der Waals surface area contributed by atoms with Gasteiger partial charge in [-0.3, -0.25) is 4.79 Å². The number of anilines is 1. The maximum absolute atomic E-state index is 12.7. The molecule has 0 bridgehead atoms. The monoisotopic (exact) mass is 369 g/mol. The van der Waals surface area contributed by atoms with E-state index in [1.165, 1.54) is 11.8 Å². The van der Waals surface area contributed by atoms with Crippen molar-refractivity contribution in [1.29, 1.82) is 0 Å². The molecule has 0 saturated carbocycles. The van der Waals surface area contributed by atoms with Crippen molar-refractivity contribution in [3.63, 3.8) is 0 Å². The van der Waals surface area contributed by atoms with Gasteiger partial charge in [0.2, 0.25) is 11.1 Å². The number of para-hydroxylation sites is 1. The molecule has 1 amide bonds. The Morgan fingerprint density at radius 2 is 1.96 bits per heavy atom. The standard InChI is InChI=1S/C19H23N5OS/c1-11(2)14-8-6-7-9-16(14)21-17(25)10-15-12(3)20-18-22-19(26-5)23-24(18)13(15)4/h6-9,11H,10H2,1-5H3,(H,21,25). The Bertz CT molecular complexity index is 964. The van der Waals surface area contributed by atoms with Crippen LogP contribution < -0.4 is 5.32 Å². The third-order valence-electron chi connectivity index (χ3n) is 4.41. The number of amides is 1. The van der Waals surface area contributed by atoms with Crippen LogP contribution in [0.25, 0.3) is 5.78 Å². The molecule has 0 saturated heterocycles. The van der Waals surface area contributed by atoms with Crippen LogP contribution in [0.2, 0.25) is 0 Å². The summed E-state index contributed by atoms with van der Waals surface area (Å²) in [6, 6.07) is 7.91. The number of hydrogen-bond acceptors (Lipinski definition) is 5. The summed E-state index contributed by atoms with van der Waals surface area (Å²) < 4.78 is 1.71. The van der Waals surface area contributed by atoms with Crippen molar-refractivity contribution in [3.05, 3.63) is 46.8 Å². The molecule has 0 spiro atoms. The Kier molecular flexibility index (Phi) is 5.27. The van der Waals surface area contributed by atoms with Crippen LogP contribution in [0.5, 0.6) is 0 Å². The lowest BCUT2D eigenvalue weighted by atomic mass is 10.0. The number of rotatable bonds is 5. The zero-order valence-corrected chi connectivity index (χ0v) is 16.5. The van der Waals surface area contributed by atoms with E-state index >= 15 is 0 Å². The third-order valence-corrected chi connectivity index (χ3v) is 4.94. The topological polar surface area (TPSA) is 72.2 Å². The number of benzene rings is 1. The fraction of sp³-hybridized carbons (Fsp3) is 0.368. The van der Waals surface area contributed by atoms with Crippen LogP contribution in [0.15, 0.2) is 29.4 Å². The lowest BCUT2D eigenvalue weighted by Crippen LogP contribution is -2.18. The van der Waals surface area contributed by atoms with Crippen LogP contribution >= 0.6 is 11.8 Å². The van der Waals surface area contributed by atoms with Gasteiger partial charge in [0.25, 0.3) is 5.78 Å². The lowest BCUT2D eigenvalue weighted by molar-refractivity contribution is -0.115. The van der Waals surface area contributed by atoms with Crippen molar-refractivity contribution in [2.24, 2.45) is 0 Å². The average Bonchev–Trinajstić information content (AvgIpc) is 3.02. The van der Waals surface area contributed by atoms with Gasteiger partial charge in [0.15, 0.2) is 0 Å². The molecule has 0 radical (unpaired) electrons. The van der Waals surface area contributed by atoms with E-state index in [-0.39, 0.29) is 12.3 Å². The molecule has 26 heavy (non-hydrogen) atoms. The molecule has 2 aromatic heterocycles. The number of thioether (sulfide) groups is 1. The molecule has 7 heteroatoms. The fourth-order valence-corrected chi connectivity index (χ4v) is 3.34. The Morgan fingerprint density at radius 3 is 2.65 bits per heavy atom. The molecule has 3 aromatic rings. The van der Waals surface area contributed by atoms with Crippen molar-refractivity contribution in [3.8, 4) is 0 Å². The molecule has 6 nitrogen and oxygen atoms in total. The van der Waals surface area contributed by atoms with Gasteiger partial charge in [-0.05, 0) is 37.7 Å². The van der Waals surface area contributed by atoms with E-state index in [0.717, 1.165) is 28.2 Å². The van der Waals surface area contributed by atoms with Crippen molar-refractivity contribution in [2.45, 2.75) is 45.2 Å².